The first-order chi connectivity index (χ1) is 12.5. The van der Waals surface area contributed by atoms with Gasteiger partial charge in [-0.2, -0.15) is 0 Å². The van der Waals surface area contributed by atoms with Crippen molar-refractivity contribution in [2.45, 2.75) is 6.42 Å². The Morgan fingerprint density at radius 1 is 1.31 bits per heavy atom. The lowest BCUT2D eigenvalue weighted by Gasteiger charge is -2.11. The first kappa shape index (κ1) is 20.5. The number of hydrogen-bond acceptors (Lipinski definition) is 7. The number of esters is 1. The molecule has 0 saturated carbocycles. The van der Waals surface area contributed by atoms with Crippen molar-refractivity contribution in [1.82, 2.24) is 4.90 Å². The molecule has 0 radical (unpaired) electrons. The van der Waals surface area contributed by atoms with Crippen LogP contribution in [0.2, 0.25) is 0 Å². The normalized spacial score (nSPS) is 15.7. The van der Waals surface area contributed by atoms with Crippen molar-refractivity contribution in [3.63, 3.8) is 0 Å². The van der Waals surface area contributed by atoms with E-state index in [1.807, 2.05) is 0 Å². The summed E-state index contributed by atoms with van der Waals surface area (Å²) in [7, 11) is 2.86. The average molecular weight is 444 g/mol. The SMILES string of the molecule is COCCCN1C(=O)S/C(=C/c2ccc(OCC(=O)OC)c(Br)c2)C1=O. The van der Waals surface area contributed by atoms with Gasteiger partial charge in [0.05, 0.1) is 16.5 Å². The summed E-state index contributed by atoms with van der Waals surface area (Å²) in [4.78, 5) is 37.1. The lowest BCUT2D eigenvalue weighted by atomic mass is 10.2. The fraction of sp³-hybridized carbons (Fsp3) is 0.353. The molecule has 26 heavy (non-hydrogen) atoms. The molecule has 0 N–H and O–H groups in total. The van der Waals surface area contributed by atoms with Gasteiger partial charge >= 0.3 is 5.97 Å². The van der Waals surface area contributed by atoms with Crippen LogP contribution in [0.15, 0.2) is 27.6 Å². The molecule has 1 aliphatic heterocycles. The lowest BCUT2D eigenvalue weighted by molar-refractivity contribution is -0.142. The monoisotopic (exact) mass is 443 g/mol. The maximum absolute atomic E-state index is 12.4. The highest BCUT2D eigenvalue weighted by atomic mass is 79.9. The molecule has 0 atom stereocenters. The molecule has 140 valence electrons. The Morgan fingerprint density at radius 2 is 2.08 bits per heavy atom. The number of methoxy groups -OCH3 is 2. The number of imide groups is 1. The second kappa shape index (κ2) is 9.75. The average Bonchev–Trinajstić information content (AvgIpc) is 2.88. The van der Waals surface area contributed by atoms with E-state index >= 15 is 0 Å². The maximum Gasteiger partial charge on any atom is 0.343 e. The highest BCUT2D eigenvalue weighted by Crippen LogP contribution is 2.33. The van der Waals surface area contributed by atoms with Crippen LogP contribution in [-0.2, 0) is 19.1 Å². The van der Waals surface area contributed by atoms with Crippen LogP contribution in [0.5, 0.6) is 5.75 Å². The van der Waals surface area contributed by atoms with Crippen molar-refractivity contribution in [3.05, 3.63) is 33.1 Å². The van der Waals surface area contributed by atoms with Crippen molar-refractivity contribution >= 4 is 50.9 Å². The molecule has 0 aromatic heterocycles. The zero-order valence-electron chi connectivity index (χ0n) is 14.3. The summed E-state index contributed by atoms with van der Waals surface area (Å²) in [5.41, 5.74) is 0.727. The third-order valence-electron chi connectivity index (χ3n) is 3.43. The van der Waals surface area contributed by atoms with Crippen molar-refractivity contribution < 1.29 is 28.6 Å². The number of thioether (sulfide) groups is 1. The number of halogens is 1. The summed E-state index contributed by atoms with van der Waals surface area (Å²) in [5, 5.41) is -0.283. The van der Waals surface area contributed by atoms with Gasteiger partial charge in [0.2, 0.25) is 0 Å². The molecule has 1 aromatic rings. The molecule has 1 heterocycles. The largest absolute Gasteiger partial charge is 0.481 e. The van der Waals surface area contributed by atoms with E-state index < -0.39 is 5.97 Å². The molecule has 2 rings (SSSR count). The van der Waals surface area contributed by atoms with Crippen LogP contribution >= 0.6 is 27.7 Å². The second-order valence-electron chi connectivity index (χ2n) is 5.23. The van der Waals surface area contributed by atoms with Gasteiger partial charge in [-0.3, -0.25) is 14.5 Å². The third kappa shape index (κ3) is 5.33. The fourth-order valence-corrected chi connectivity index (χ4v) is 3.51. The number of carbonyl (C=O) groups excluding carboxylic acids is 3. The van der Waals surface area contributed by atoms with Gasteiger partial charge in [0.25, 0.3) is 11.1 Å². The minimum absolute atomic E-state index is 0.200. The summed E-state index contributed by atoms with van der Waals surface area (Å²) in [6, 6.07) is 5.14. The topological polar surface area (TPSA) is 82.1 Å². The summed E-state index contributed by atoms with van der Waals surface area (Å²) in [6.45, 7) is 0.620. The van der Waals surface area contributed by atoms with Crippen LogP contribution in [-0.4, -0.2) is 56.0 Å². The molecule has 0 aliphatic carbocycles. The van der Waals surface area contributed by atoms with Crippen molar-refractivity contribution in [2.24, 2.45) is 0 Å². The van der Waals surface area contributed by atoms with E-state index in [0.29, 0.717) is 34.7 Å². The summed E-state index contributed by atoms with van der Waals surface area (Å²) in [6.07, 6.45) is 2.25. The number of amides is 2. The number of rotatable bonds is 8. The van der Waals surface area contributed by atoms with E-state index in [1.165, 1.54) is 12.0 Å². The van der Waals surface area contributed by atoms with Gasteiger partial charge in [-0.25, -0.2) is 4.79 Å². The Balaban J connectivity index is 2.07. The molecule has 1 aromatic carbocycles. The molecule has 2 amide bonds. The van der Waals surface area contributed by atoms with E-state index in [2.05, 4.69) is 20.7 Å². The Morgan fingerprint density at radius 3 is 2.73 bits per heavy atom. The van der Waals surface area contributed by atoms with Crippen molar-refractivity contribution in [3.8, 4) is 5.75 Å². The first-order valence-electron chi connectivity index (χ1n) is 7.69. The number of ether oxygens (including phenoxy) is 3. The van der Waals surface area contributed by atoms with Crippen molar-refractivity contribution in [2.75, 3.05) is 34.0 Å². The van der Waals surface area contributed by atoms with Gasteiger partial charge in [0.1, 0.15) is 5.75 Å². The number of nitrogens with zero attached hydrogens (tertiary/aromatic N) is 1. The molecule has 1 fully saturated rings. The van der Waals surface area contributed by atoms with Crippen LogP contribution in [0, 0.1) is 0 Å². The first-order valence-corrected chi connectivity index (χ1v) is 9.30. The summed E-state index contributed by atoms with van der Waals surface area (Å²) in [5.74, 6) is -0.318. The van der Waals surface area contributed by atoms with Gasteiger partial charge in [-0.15, -0.1) is 0 Å². The van der Waals surface area contributed by atoms with E-state index in [0.717, 1.165) is 17.3 Å². The lowest BCUT2D eigenvalue weighted by Crippen LogP contribution is -2.29. The molecule has 9 heteroatoms. The van der Waals surface area contributed by atoms with Gasteiger partial charge in [-0.1, -0.05) is 6.07 Å². The van der Waals surface area contributed by atoms with Gasteiger partial charge in [-0.05, 0) is 57.9 Å². The quantitative estimate of drug-likeness (QED) is 0.346. The third-order valence-corrected chi connectivity index (χ3v) is 4.96. The number of benzene rings is 1. The Kier molecular flexibility index (Phi) is 7.67. The maximum atomic E-state index is 12.4. The van der Waals surface area contributed by atoms with Crippen LogP contribution < -0.4 is 4.74 Å². The molecule has 0 bridgehead atoms. The van der Waals surface area contributed by atoms with E-state index in [-0.39, 0.29) is 17.8 Å². The zero-order valence-corrected chi connectivity index (χ0v) is 16.7. The minimum Gasteiger partial charge on any atom is -0.481 e. The summed E-state index contributed by atoms with van der Waals surface area (Å²) >= 11 is 4.27. The van der Waals surface area contributed by atoms with Gasteiger partial charge in [0, 0.05) is 20.3 Å². The second-order valence-corrected chi connectivity index (χ2v) is 7.08. The highest BCUT2D eigenvalue weighted by Gasteiger charge is 2.34. The van der Waals surface area contributed by atoms with E-state index in [9.17, 15) is 14.4 Å². The fourth-order valence-electron chi connectivity index (χ4n) is 2.13. The predicted molar refractivity (Wildman–Crippen MR) is 101 cm³/mol. The van der Waals surface area contributed by atoms with Crippen LogP contribution in [0.25, 0.3) is 6.08 Å². The molecule has 0 unspecified atom stereocenters. The van der Waals surface area contributed by atoms with Crippen LogP contribution in [0.4, 0.5) is 4.79 Å². The zero-order chi connectivity index (χ0) is 19.1. The molecular formula is C17H18BrNO6S. The van der Waals surface area contributed by atoms with Crippen LogP contribution in [0.3, 0.4) is 0 Å². The van der Waals surface area contributed by atoms with Gasteiger partial charge < -0.3 is 14.2 Å². The molecule has 1 aliphatic rings. The van der Waals surface area contributed by atoms with Crippen LogP contribution in [0.1, 0.15) is 12.0 Å². The van der Waals surface area contributed by atoms with Crippen molar-refractivity contribution in [1.29, 1.82) is 0 Å². The Bertz CT molecular complexity index is 736. The Hall–Kier alpha value is -1.84. The molecular weight excluding hydrogens is 426 g/mol. The Labute approximate surface area is 163 Å². The highest BCUT2D eigenvalue weighted by molar-refractivity contribution is 9.10. The number of carbonyl (C=O) groups is 3. The minimum atomic E-state index is -0.483. The standard InChI is InChI=1S/C17H18BrNO6S/c1-23-7-3-6-19-16(21)14(26-17(19)22)9-11-4-5-13(12(18)8-11)25-10-15(20)24-2/h4-5,8-9H,3,6-7,10H2,1-2H3/b14-9+. The molecule has 0 spiro atoms. The van der Waals surface area contributed by atoms with E-state index in [1.54, 1.807) is 31.4 Å². The summed E-state index contributed by atoms with van der Waals surface area (Å²) < 4.78 is 15.4. The predicted octanol–water partition coefficient (Wildman–Crippen LogP) is 3.07. The molecule has 7 nitrogen and oxygen atoms in total. The smallest absolute Gasteiger partial charge is 0.343 e. The van der Waals surface area contributed by atoms with Gasteiger partial charge in [0.15, 0.2) is 6.61 Å². The number of hydrogen-bond donors (Lipinski definition) is 0. The molecule has 1 saturated heterocycles. The van der Waals surface area contributed by atoms with E-state index in [4.69, 9.17) is 9.47 Å².